The number of thiophene rings is 1. The summed E-state index contributed by atoms with van der Waals surface area (Å²) in [6.07, 6.45) is 1.11. The Morgan fingerprint density at radius 3 is 2.59 bits per heavy atom. The standard InChI is InChI=1S/C19H16BrNO4S2/c1-11-4-3-5-16(22)18(11)12-6-17(26-10-12)19(23)21-14-7-13(20)8-15(9-14)27(2,24)25/h3-10,22H,1-2H3,(H,21,23). The van der Waals surface area contributed by atoms with Crippen LogP contribution >= 0.6 is 27.3 Å². The summed E-state index contributed by atoms with van der Waals surface area (Å²) in [5.74, 6) is -0.193. The third-order valence-electron chi connectivity index (χ3n) is 3.92. The maximum atomic E-state index is 12.6. The number of amides is 1. The van der Waals surface area contributed by atoms with E-state index < -0.39 is 9.84 Å². The van der Waals surface area contributed by atoms with Crippen molar-refractivity contribution in [2.75, 3.05) is 11.6 Å². The van der Waals surface area contributed by atoms with Crippen LogP contribution in [0.5, 0.6) is 5.75 Å². The molecule has 0 aliphatic heterocycles. The molecule has 0 aliphatic rings. The highest BCUT2D eigenvalue weighted by Gasteiger charge is 2.16. The second-order valence-corrected chi connectivity index (χ2v) is 9.91. The first-order valence-corrected chi connectivity index (χ1v) is 11.4. The lowest BCUT2D eigenvalue weighted by Crippen LogP contribution is -2.11. The first kappa shape index (κ1) is 19.6. The van der Waals surface area contributed by atoms with Crippen LogP contribution in [0.15, 0.2) is 57.2 Å². The topological polar surface area (TPSA) is 83.5 Å². The number of hydrogen-bond donors (Lipinski definition) is 2. The Morgan fingerprint density at radius 1 is 1.19 bits per heavy atom. The molecule has 5 nitrogen and oxygen atoms in total. The average Bonchev–Trinajstić information content (AvgIpc) is 3.03. The van der Waals surface area contributed by atoms with Gasteiger partial charge in [0.1, 0.15) is 5.75 Å². The summed E-state index contributed by atoms with van der Waals surface area (Å²) in [5.41, 5.74) is 2.73. The van der Waals surface area contributed by atoms with E-state index in [1.807, 2.05) is 13.0 Å². The molecule has 0 fully saturated rings. The molecule has 0 aliphatic carbocycles. The minimum Gasteiger partial charge on any atom is -0.507 e. The van der Waals surface area contributed by atoms with Crippen LogP contribution < -0.4 is 5.32 Å². The number of nitrogens with one attached hydrogen (secondary N) is 1. The molecule has 140 valence electrons. The lowest BCUT2D eigenvalue weighted by atomic mass is 10.0. The maximum Gasteiger partial charge on any atom is 0.265 e. The van der Waals surface area contributed by atoms with Crippen LogP contribution in [-0.2, 0) is 9.84 Å². The van der Waals surface area contributed by atoms with Gasteiger partial charge in [-0.05, 0) is 53.8 Å². The molecular formula is C19H16BrNO4S2. The zero-order valence-electron chi connectivity index (χ0n) is 14.5. The summed E-state index contributed by atoms with van der Waals surface area (Å²) < 4.78 is 24.1. The molecule has 1 heterocycles. The first-order valence-electron chi connectivity index (χ1n) is 7.84. The zero-order valence-corrected chi connectivity index (χ0v) is 17.7. The molecule has 2 N–H and O–H groups in total. The number of hydrogen-bond acceptors (Lipinski definition) is 5. The summed E-state index contributed by atoms with van der Waals surface area (Å²) >= 11 is 4.51. The number of carbonyl (C=O) groups is 1. The Bertz CT molecular complexity index is 1120. The quantitative estimate of drug-likeness (QED) is 0.576. The van der Waals surface area contributed by atoms with Crippen molar-refractivity contribution in [3.05, 3.63) is 62.8 Å². The maximum absolute atomic E-state index is 12.6. The van der Waals surface area contributed by atoms with Crippen molar-refractivity contribution in [1.82, 2.24) is 0 Å². The SMILES string of the molecule is Cc1cccc(O)c1-c1csc(C(=O)Nc2cc(Br)cc(S(C)(=O)=O)c2)c1. The summed E-state index contributed by atoms with van der Waals surface area (Å²) in [5, 5.41) is 14.6. The van der Waals surface area contributed by atoms with Crippen LogP contribution in [0.3, 0.4) is 0 Å². The Balaban J connectivity index is 1.89. The van der Waals surface area contributed by atoms with Crippen molar-refractivity contribution in [2.24, 2.45) is 0 Å². The second kappa shape index (κ2) is 7.46. The van der Waals surface area contributed by atoms with E-state index in [0.717, 1.165) is 17.4 Å². The Morgan fingerprint density at radius 2 is 1.93 bits per heavy atom. The lowest BCUT2D eigenvalue weighted by Gasteiger charge is -2.07. The molecule has 8 heteroatoms. The van der Waals surface area contributed by atoms with Crippen molar-refractivity contribution >= 4 is 48.7 Å². The van der Waals surface area contributed by atoms with Gasteiger partial charge in [-0.15, -0.1) is 11.3 Å². The number of benzene rings is 2. The molecular weight excluding hydrogens is 450 g/mol. The van der Waals surface area contributed by atoms with Gasteiger partial charge in [-0.2, -0.15) is 0 Å². The van der Waals surface area contributed by atoms with Gasteiger partial charge >= 0.3 is 0 Å². The van der Waals surface area contributed by atoms with Crippen LogP contribution in [0, 0.1) is 6.92 Å². The fourth-order valence-electron chi connectivity index (χ4n) is 2.66. The average molecular weight is 466 g/mol. The molecule has 0 spiro atoms. The van der Waals surface area contributed by atoms with Gasteiger partial charge in [0.25, 0.3) is 5.91 Å². The molecule has 3 rings (SSSR count). The predicted molar refractivity (Wildman–Crippen MR) is 111 cm³/mol. The fourth-order valence-corrected chi connectivity index (χ4v) is 4.78. The van der Waals surface area contributed by atoms with Crippen molar-refractivity contribution in [2.45, 2.75) is 11.8 Å². The number of phenolic OH excluding ortho intramolecular Hbond substituents is 1. The number of carbonyl (C=O) groups excluding carboxylic acids is 1. The van der Waals surface area contributed by atoms with Gasteiger partial charge in [-0.25, -0.2) is 8.42 Å². The van der Waals surface area contributed by atoms with E-state index in [4.69, 9.17) is 0 Å². The molecule has 0 unspecified atom stereocenters. The lowest BCUT2D eigenvalue weighted by molar-refractivity contribution is 0.103. The number of aromatic hydroxyl groups is 1. The normalized spacial score (nSPS) is 11.4. The van der Waals surface area contributed by atoms with Crippen LogP contribution in [0.1, 0.15) is 15.2 Å². The molecule has 1 amide bonds. The summed E-state index contributed by atoms with van der Waals surface area (Å²) in [6, 6.07) is 11.5. The first-order chi connectivity index (χ1) is 12.6. The number of aryl methyl sites for hydroxylation is 1. The van der Waals surface area contributed by atoms with E-state index >= 15 is 0 Å². The van der Waals surface area contributed by atoms with Gasteiger partial charge in [-0.3, -0.25) is 4.79 Å². The minimum atomic E-state index is -3.40. The smallest absolute Gasteiger partial charge is 0.265 e. The van der Waals surface area contributed by atoms with E-state index in [2.05, 4.69) is 21.2 Å². The molecule has 0 saturated heterocycles. The number of halogens is 1. The summed E-state index contributed by atoms with van der Waals surface area (Å²) in [4.78, 5) is 13.1. The largest absolute Gasteiger partial charge is 0.507 e. The van der Waals surface area contributed by atoms with Crippen LogP contribution in [0.4, 0.5) is 5.69 Å². The van der Waals surface area contributed by atoms with Gasteiger partial charge < -0.3 is 10.4 Å². The number of phenols is 1. The zero-order chi connectivity index (χ0) is 19.8. The second-order valence-electron chi connectivity index (χ2n) is 6.07. The Hall–Kier alpha value is -2.16. The van der Waals surface area contributed by atoms with E-state index in [1.54, 1.807) is 29.6 Å². The minimum absolute atomic E-state index is 0.115. The highest BCUT2D eigenvalue weighted by Crippen LogP contribution is 2.35. The molecule has 0 atom stereocenters. The molecule has 1 aromatic heterocycles. The number of rotatable bonds is 4. The van der Waals surface area contributed by atoms with E-state index in [9.17, 15) is 18.3 Å². The van der Waals surface area contributed by atoms with E-state index in [1.165, 1.54) is 23.5 Å². The van der Waals surface area contributed by atoms with Crippen molar-refractivity contribution in [3.8, 4) is 16.9 Å². The summed E-state index contributed by atoms with van der Waals surface area (Å²) in [6.45, 7) is 1.89. The van der Waals surface area contributed by atoms with Gasteiger partial charge in [-0.1, -0.05) is 28.1 Å². The van der Waals surface area contributed by atoms with E-state index in [-0.39, 0.29) is 16.6 Å². The Kier molecular flexibility index (Phi) is 5.41. The van der Waals surface area contributed by atoms with Gasteiger partial charge in [0.05, 0.1) is 9.77 Å². The molecule has 2 aromatic carbocycles. The van der Waals surface area contributed by atoms with Gasteiger partial charge in [0.15, 0.2) is 9.84 Å². The molecule has 0 bridgehead atoms. The molecule has 3 aromatic rings. The fraction of sp³-hybridized carbons (Fsp3) is 0.105. The summed E-state index contributed by atoms with van der Waals surface area (Å²) in [7, 11) is -3.40. The number of sulfone groups is 1. The number of anilines is 1. The highest BCUT2D eigenvalue weighted by atomic mass is 79.9. The van der Waals surface area contributed by atoms with Crippen LogP contribution in [0.25, 0.3) is 11.1 Å². The van der Waals surface area contributed by atoms with Crippen molar-refractivity contribution < 1.29 is 18.3 Å². The van der Waals surface area contributed by atoms with Gasteiger partial charge in [0, 0.05) is 22.0 Å². The van der Waals surface area contributed by atoms with Crippen LogP contribution in [-0.4, -0.2) is 25.7 Å². The Labute approximate surface area is 169 Å². The van der Waals surface area contributed by atoms with Crippen molar-refractivity contribution in [1.29, 1.82) is 0 Å². The van der Waals surface area contributed by atoms with Crippen LogP contribution in [0.2, 0.25) is 0 Å². The van der Waals surface area contributed by atoms with E-state index in [0.29, 0.717) is 20.6 Å². The monoisotopic (exact) mass is 465 g/mol. The van der Waals surface area contributed by atoms with Gasteiger partial charge in [0.2, 0.25) is 0 Å². The third kappa shape index (κ3) is 4.40. The van der Waals surface area contributed by atoms with Crippen molar-refractivity contribution in [3.63, 3.8) is 0 Å². The highest BCUT2D eigenvalue weighted by molar-refractivity contribution is 9.10. The predicted octanol–water partition coefficient (Wildman–Crippen LogP) is 4.85. The molecule has 0 saturated carbocycles. The molecule has 27 heavy (non-hydrogen) atoms. The third-order valence-corrected chi connectivity index (χ3v) is 6.40. The molecule has 0 radical (unpaired) electrons.